The van der Waals surface area contributed by atoms with E-state index in [1.165, 1.54) is 5.56 Å². The standard InChI is InChI=1S/C16H27ClN2O2/c1-4-19(9-11-21-5-2)16-7-6-14(12-15(16)17)13-18-8-10-20-3/h6-7,12,18H,4-5,8-11,13H2,1-3H3. The zero-order chi connectivity index (χ0) is 15.5. The third kappa shape index (κ3) is 6.66. The van der Waals surface area contributed by atoms with Crippen LogP contribution in [-0.2, 0) is 16.0 Å². The summed E-state index contributed by atoms with van der Waals surface area (Å²) >= 11 is 6.42. The molecule has 0 bridgehead atoms. The third-order valence-corrected chi connectivity index (χ3v) is 3.56. The van der Waals surface area contributed by atoms with Crippen molar-refractivity contribution in [2.75, 3.05) is 51.5 Å². The van der Waals surface area contributed by atoms with E-state index in [0.717, 1.165) is 50.1 Å². The maximum atomic E-state index is 6.42. The molecule has 0 spiro atoms. The van der Waals surface area contributed by atoms with Crippen molar-refractivity contribution in [3.8, 4) is 0 Å². The van der Waals surface area contributed by atoms with Crippen LogP contribution in [0.5, 0.6) is 0 Å². The minimum absolute atomic E-state index is 0.715. The number of halogens is 1. The first-order valence-corrected chi connectivity index (χ1v) is 7.91. The zero-order valence-electron chi connectivity index (χ0n) is 13.3. The maximum Gasteiger partial charge on any atom is 0.0642 e. The van der Waals surface area contributed by atoms with E-state index < -0.39 is 0 Å². The van der Waals surface area contributed by atoms with Crippen molar-refractivity contribution in [3.05, 3.63) is 28.8 Å². The van der Waals surface area contributed by atoms with Gasteiger partial charge in [0.1, 0.15) is 0 Å². The molecule has 5 heteroatoms. The highest BCUT2D eigenvalue weighted by molar-refractivity contribution is 6.33. The highest BCUT2D eigenvalue weighted by Gasteiger charge is 2.09. The van der Waals surface area contributed by atoms with Gasteiger partial charge < -0.3 is 19.7 Å². The van der Waals surface area contributed by atoms with Gasteiger partial charge in [-0.3, -0.25) is 0 Å². The van der Waals surface area contributed by atoms with Gasteiger partial charge in [0.25, 0.3) is 0 Å². The summed E-state index contributed by atoms with van der Waals surface area (Å²) in [5, 5.41) is 4.11. The molecule has 0 saturated carbocycles. The van der Waals surface area contributed by atoms with E-state index >= 15 is 0 Å². The van der Waals surface area contributed by atoms with Gasteiger partial charge in [-0.1, -0.05) is 17.7 Å². The predicted molar refractivity (Wildman–Crippen MR) is 89.4 cm³/mol. The average Bonchev–Trinajstić information content (AvgIpc) is 2.49. The summed E-state index contributed by atoms with van der Waals surface area (Å²) in [4.78, 5) is 2.24. The van der Waals surface area contributed by atoms with Crippen LogP contribution < -0.4 is 10.2 Å². The number of nitrogens with zero attached hydrogens (tertiary/aromatic N) is 1. The number of likely N-dealkylation sites (N-methyl/N-ethyl adjacent to an activating group) is 1. The number of anilines is 1. The van der Waals surface area contributed by atoms with Crippen molar-refractivity contribution in [1.82, 2.24) is 5.32 Å². The fraction of sp³-hybridized carbons (Fsp3) is 0.625. The smallest absolute Gasteiger partial charge is 0.0642 e. The molecule has 0 aromatic heterocycles. The Balaban J connectivity index is 2.58. The van der Waals surface area contributed by atoms with Crippen molar-refractivity contribution < 1.29 is 9.47 Å². The molecule has 1 N–H and O–H groups in total. The molecule has 0 unspecified atom stereocenters. The lowest BCUT2D eigenvalue weighted by Crippen LogP contribution is -2.27. The molecule has 4 nitrogen and oxygen atoms in total. The minimum atomic E-state index is 0.715. The summed E-state index contributed by atoms with van der Waals surface area (Å²) in [6.45, 7) is 9.73. The Hall–Kier alpha value is -0.810. The number of methoxy groups -OCH3 is 1. The number of nitrogens with one attached hydrogen (secondary N) is 1. The maximum absolute atomic E-state index is 6.42. The molecule has 0 heterocycles. The van der Waals surface area contributed by atoms with Gasteiger partial charge in [-0.05, 0) is 31.5 Å². The van der Waals surface area contributed by atoms with Crippen LogP contribution in [0.15, 0.2) is 18.2 Å². The molecular formula is C16H27ClN2O2. The van der Waals surface area contributed by atoms with Gasteiger partial charge in [0.2, 0.25) is 0 Å². The highest BCUT2D eigenvalue weighted by atomic mass is 35.5. The Morgan fingerprint density at radius 2 is 2.05 bits per heavy atom. The van der Waals surface area contributed by atoms with Gasteiger partial charge in [-0.25, -0.2) is 0 Å². The molecule has 0 aliphatic heterocycles. The van der Waals surface area contributed by atoms with E-state index in [-0.39, 0.29) is 0 Å². The van der Waals surface area contributed by atoms with E-state index in [9.17, 15) is 0 Å². The Bertz CT molecular complexity index is 402. The van der Waals surface area contributed by atoms with Crippen molar-refractivity contribution in [1.29, 1.82) is 0 Å². The molecule has 0 aliphatic carbocycles. The zero-order valence-corrected chi connectivity index (χ0v) is 14.1. The fourth-order valence-corrected chi connectivity index (χ4v) is 2.41. The van der Waals surface area contributed by atoms with Gasteiger partial charge in [0.15, 0.2) is 0 Å². The second-order valence-corrected chi connectivity index (χ2v) is 5.14. The van der Waals surface area contributed by atoms with Crippen LogP contribution in [0.1, 0.15) is 19.4 Å². The molecule has 21 heavy (non-hydrogen) atoms. The highest BCUT2D eigenvalue weighted by Crippen LogP contribution is 2.26. The van der Waals surface area contributed by atoms with E-state index in [1.807, 2.05) is 13.0 Å². The number of ether oxygens (including phenoxy) is 2. The van der Waals surface area contributed by atoms with Crippen LogP contribution >= 0.6 is 11.6 Å². The number of hydrogen-bond donors (Lipinski definition) is 1. The van der Waals surface area contributed by atoms with Gasteiger partial charge in [0.05, 0.1) is 23.9 Å². The molecule has 120 valence electrons. The molecule has 0 fully saturated rings. The van der Waals surface area contributed by atoms with Gasteiger partial charge in [-0.2, -0.15) is 0 Å². The quantitative estimate of drug-likeness (QED) is 0.637. The summed E-state index contributed by atoms with van der Waals surface area (Å²) < 4.78 is 10.4. The normalized spacial score (nSPS) is 10.9. The summed E-state index contributed by atoms with van der Waals surface area (Å²) in [7, 11) is 1.70. The van der Waals surface area contributed by atoms with Gasteiger partial charge >= 0.3 is 0 Å². The van der Waals surface area contributed by atoms with Crippen LogP contribution in [0.25, 0.3) is 0 Å². The first-order valence-electron chi connectivity index (χ1n) is 7.53. The van der Waals surface area contributed by atoms with E-state index in [0.29, 0.717) is 6.61 Å². The molecule has 0 atom stereocenters. The van der Waals surface area contributed by atoms with Crippen LogP contribution in [0, 0.1) is 0 Å². The Morgan fingerprint density at radius 1 is 1.24 bits per heavy atom. The topological polar surface area (TPSA) is 33.7 Å². The largest absolute Gasteiger partial charge is 0.383 e. The van der Waals surface area contributed by atoms with Gasteiger partial charge in [-0.15, -0.1) is 0 Å². The van der Waals surface area contributed by atoms with Crippen LogP contribution in [0.2, 0.25) is 5.02 Å². The summed E-state index contributed by atoms with van der Waals surface area (Å²) in [6.07, 6.45) is 0. The predicted octanol–water partition coefficient (Wildman–Crippen LogP) is 2.94. The first-order chi connectivity index (χ1) is 10.2. The van der Waals surface area contributed by atoms with E-state index in [2.05, 4.69) is 29.3 Å². The Kier molecular flexibility index (Phi) is 9.42. The van der Waals surface area contributed by atoms with E-state index in [1.54, 1.807) is 7.11 Å². The second kappa shape index (κ2) is 10.9. The van der Waals surface area contributed by atoms with E-state index in [4.69, 9.17) is 21.1 Å². The Labute approximate surface area is 133 Å². The van der Waals surface area contributed by atoms with Crippen molar-refractivity contribution in [2.24, 2.45) is 0 Å². The lowest BCUT2D eigenvalue weighted by atomic mass is 10.2. The van der Waals surface area contributed by atoms with Crippen molar-refractivity contribution >= 4 is 17.3 Å². The van der Waals surface area contributed by atoms with Crippen LogP contribution in [0.3, 0.4) is 0 Å². The molecule has 0 saturated heterocycles. The molecule has 1 aromatic rings. The molecule has 0 aliphatic rings. The molecule has 0 amide bonds. The molecule has 0 radical (unpaired) electrons. The Morgan fingerprint density at radius 3 is 2.67 bits per heavy atom. The van der Waals surface area contributed by atoms with Gasteiger partial charge in [0, 0.05) is 39.9 Å². The van der Waals surface area contributed by atoms with Crippen molar-refractivity contribution in [3.63, 3.8) is 0 Å². The third-order valence-electron chi connectivity index (χ3n) is 3.26. The number of rotatable bonds is 11. The summed E-state index contributed by atoms with van der Waals surface area (Å²) in [5.41, 5.74) is 2.25. The number of benzene rings is 1. The monoisotopic (exact) mass is 314 g/mol. The van der Waals surface area contributed by atoms with Crippen LogP contribution in [-0.4, -0.2) is 46.6 Å². The summed E-state index contributed by atoms with van der Waals surface area (Å²) in [5.74, 6) is 0. The molecular weight excluding hydrogens is 288 g/mol. The SMILES string of the molecule is CCOCCN(CC)c1ccc(CNCCOC)cc1Cl. The minimum Gasteiger partial charge on any atom is -0.383 e. The lowest BCUT2D eigenvalue weighted by Gasteiger charge is -2.24. The average molecular weight is 315 g/mol. The summed E-state index contributed by atoms with van der Waals surface area (Å²) in [6, 6.07) is 6.23. The molecule has 1 aromatic carbocycles. The molecule has 1 rings (SSSR count). The number of hydrogen-bond acceptors (Lipinski definition) is 4. The first kappa shape index (κ1) is 18.2. The van der Waals surface area contributed by atoms with Crippen LogP contribution in [0.4, 0.5) is 5.69 Å². The fourth-order valence-electron chi connectivity index (χ4n) is 2.09. The second-order valence-electron chi connectivity index (χ2n) is 4.73. The van der Waals surface area contributed by atoms with Crippen molar-refractivity contribution in [2.45, 2.75) is 20.4 Å². The lowest BCUT2D eigenvalue weighted by molar-refractivity contribution is 0.154.